The van der Waals surface area contributed by atoms with Gasteiger partial charge >= 0.3 is 0 Å². The molecule has 142 valence electrons. The molecule has 1 amide bonds. The summed E-state index contributed by atoms with van der Waals surface area (Å²) in [7, 11) is 0. The number of hydrogen-bond acceptors (Lipinski definition) is 6. The molecule has 9 nitrogen and oxygen atoms in total. The molecule has 0 N–H and O–H groups in total. The van der Waals surface area contributed by atoms with Crippen LogP contribution in [0.2, 0.25) is 0 Å². The van der Waals surface area contributed by atoms with Gasteiger partial charge in [-0.05, 0) is 19.9 Å². The second kappa shape index (κ2) is 7.43. The Labute approximate surface area is 157 Å². The van der Waals surface area contributed by atoms with Crippen molar-refractivity contribution in [3.63, 3.8) is 0 Å². The Balaban J connectivity index is 1.37. The summed E-state index contributed by atoms with van der Waals surface area (Å²) >= 11 is 0. The van der Waals surface area contributed by atoms with E-state index in [0.29, 0.717) is 18.7 Å². The number of rotatable bonds is 5. The zero-order chi connectivity index (χ0) is 18.8. The van der Waals surface area contributed by atoms with Gasteiger partial charge in [0.05, 0.1) is 18.4 Å². The Morgan fingerprint density at radius 2 is 1.93 bits per heavy atom. The summed E-state index contributed by atoms with van der Waals surface area (Å²) in [4.78, 5) is 29.9. The van der Waals surface area contributed by atoms with Crippen molar-refractivity contribution in [3.05, 3.63) is 36.8 Å². The van der Waals surface area contributed by atoms with Crippen LogP contribution >= 0.6 is 0 Å². The van der Waals surface area contributed by atoms with E-state index in [1.165, 1.54) is 0 Å². The van der Waals surface area contributed by atoms with Gasteiger partial charge in [0.1, 0.15) is 18.2 Å². The van der Waals surface area contributed by atoms with Crippen molar-refractivity contribution in [2.75, 3.05) is 32.7 Å². The molecule has 0 unspecified atom stereocenters. The van der Waals surface area contributed by atoms with Crippen LogP contribution in [0.5, 0.6) is 0 Å². The van der Waals surface area contributed by atoms with Crippen LogP contribution in [-0.4, -0.2) is 77.7 Å². The second-order valence-electron chi connectivity index (χ2n) is 7.10. The number of hydrogen-bond donors (Lipinski definition) is 0. The smallest absolute Gasteiger partial charge is 0.255 e. The van der Waals surface area contributed by atoms with Crippen molar-refractivity contribution in [3.8, 4) is 0 Å². The van der Waals surface area contributed by atoms with Crippen molar-refractivity contribution in [1.29, 1.82) is 0 Å². The zero-order valence-corrected chi connectivity index (χ0v) is 15.7. The molecule has 3 aromatic heterocycles. The molecular weight excluding hydrogens is 344 g/mol. The number of aromatic nitrogens is 6. The van der Waals surface area contributed by atoms with Crippen LogP contribution in [0.15, 0.2) is 31.2 Å². The zero-order valence-electron chi connectivity index (χ0n) is 15.7. The molecule has 1 saturated heterocycles. The molecule has 27 heavy (non-hydrogen) atoms. The van der Waals surface area contributed by atoms with Crippen molar-refractivity contribution in [2.45, 2.75) is 26.4 Å². The Hall–Kier alpha value is -2.81. The molecule has 0 aliphatic carbocycles. The van der Waals surface area contributed by atoms with E-state index in [1.807, 2.05) is 20.2 Å². The Kier molecular flexibility index (Phi) is 4.85. The summed E-state index contributed by atoms with van der Waals surface area (Å²) in [5, 5.41) is 4.12. The number of pyridine rings is 1. The molecule has 4 rings (SSSR count). The summed E-state index contributed by atoms with van der Waals surface area (Å²) in [5.41, 5.74) is 2.19. The number of carbonyl (C=O) groups is 1. The summed E-state index contributed by atoms with van der Waals surface area (Å²) in [6.07, 6.45) is 6.72. The first-order valence-corrected chi connectivity index (χ1v) is 9.28. The first-order valence-electron chi connectivity index (χ1n) is 9.28. The van der Waals surface area contributed by atoms with E-state index in [-0.39, 0.29) is 11.9 Å². The van der Waals surface area contributed by atoms with Gasteiger partial charge in [-0.15, -0.1) is 0 Å². The molecule has 0 spiro atoms. The van der Waals surface area contributed by atoms with Gasteiger partial charge in [0.15, 0.2) is 5.65 Å². The number of piperazine rings is 1. The molecule has 0 aromatic carbocycles. The van der Waals surface area contributed by atoms with E-state index < -0.39 is 0 Å². The van der Waals surface area contributed by atoms with Crippen LogP contribution in [0.3, 0.4) is 0 Å². The number of amides is 1. The van der Waals surface area contributed by atoms with Gasteiger partial charge in [0.25, 0.3) is 5.91 Å². The van der Waals surface area contributed by atoms with Crippen molar-refractivity contribution < 1.29 is 4.79 Å². The highest BCUT2D eigenvalue weighted by atomic mass is 16.2. The number of carbonyl (C=O) groups excluding carboxylic acids is 1. The largest absolute Gasteiger partial charge is 0.336 e. The molecule has 1 fully saturated rings. The average molecular weight is 368 g/mol. The van der Waals surface area contributed by atoms with Gasteiger partial charge in [-0.1, -0.05) is 0 Å². The molecule has 0 radical (unpaired) electrons. The predicted molar refractivity (Wildman–Crippen MR) is 100 cm³/mol. The van der Waals surface area contributed by atoms with Gasteiger partial charge in [-0.25, -0.2) is 15.0 Å². The van der Waals surface area contributed by atoms with E-state index in [2.05, 4.69) is 38.8 Å². The second-order valence-corrected chi connectivity index (χ2v) is 7.10. The minimum atomic E-state index is 0.0272. The minimum Gasteiger partial charge on any atom is -0.336 e. The topological polar surface area (TPSA) is 85.0 Å². The fraction of sp³-hybridized carbons (Fsp3) is 0.500. The van der Waals surface area contributed by atoms with E-state index in [0.717, 1.165) is 37.3 Å². The lowest BCUT2D eigenvalue weighted by atomic mass is 10.2. The van der Waals surface area contributed by atoms with E-state index in [9.17, 15) is 4.79 Å². The molecular formula is C18H24N8O. The highest BCUT2D eigenvalue weighted by Crippen LogP contribution is 2.17. The SMILES string of the molecule is CC(C)n1cnc2cc(C(=O)N3CCN(CCn4cncn4)CC3)cnc21. The fourth-order valence-corrected chi connectivity index (χ4v) is 3.36. The van der Waals surface area contributed by atoms with Crippen LogP contribution in [0, 0.1) is 0 Å². The molecule has 0 atom stereocenters. The Bertz CT molecular complexity index is 909. The number of nitrogens with zero attached hydrogens (tertiary/aromatic N) is 8. The molecule has 1 aliphatic rings. The molecule has 3 aromatic rings. The van der Waals surface area contributed by atoms with Gasteiger partial charge in [0, 0.05) is 45.0 Å². The van der Waals surface area contributed by atoms with Crippen LogP contribution in [0.1, 0.15) is 30.2 Å². The molecule has 9 heteroatoms. The summed E-state index contributed by atoms with van der Waals surface area (Å²) in [5.74, 6) is 0.0272. The third-order valence-corrected chi connectivity index (χ3v) is 4.99. The standard InChI is InChI=1S/C18H24N8O/c1-14(2)26-13-21-16-9-15(10-20-17(16)26)18(27)24-6-3-23(4-7-24)5-8-25-12-19-11-22-25/h9-14H,3-8H2,1-2H3. The first-order chi connectivity index (χ1) is 13.1. The lowest BCUT2D eigenvalue weighted by Gasteiger charge is -2.34. The minimum absolute atomic E-state index is 0.0272. The highest BCUT2D eigenvalue weighted by Gasteiger charge is 2.23. The summed E-state index contributed by atoms with van der Waals surface area (Å²) in [6.45, 7) is 9.05. The Morgan fingerprint density at radius 3 is 2.63 bits per heavy atom. The van der Waals surface area contributed by atoms with E-state index in [4.69, 9.17) is 0 Å². The van der Waals surface area contributed by atoms with Gasteiger partial charge in [-0.2, -0.15) is 5.10 Å². The number of fused-ring (bicyclic) bond motifs is 1. The normalized spacial score (nSPS) is 15.7. The van der Waals surface area contributed by atoms with Crippen molar-refractivity contribution in [1.82, 2.24) is 39.1 Å². The maximum atomic E-state index is 12.8. The molecule has 0 saturated carbocycles. The average Bonchev–Trinajstić information content (AvgIpc) is 3.35. The number of imidazole rings is 1. The fourth-order valence-electron chi connectivity index (χ4n) is 3.36. The maximum Gasteiger partial charge on any atom is 0.255 e. The predicted octanol–water partition coefficient (Wildman–Crippen LogP) is 1.06. The molecule has 1 aliphatic heterocycles. The lowest BCUT2D eigenvalue weighted by molar-refractivity contribution is 0.0631. The summed E-state index contributed by atoms with van der Waals surface area (Å²) < 4.78 is 3.84. The van der Waals surface area contributed by atoms with Crippen LogP contribution in [-0.2, 0) is 6.54 Å². The van der Waals surface area contributed by atoms with E-state index in [1.54, 1.807) is 25.2 Å². The third kappa shape index (κ3) is 3.68. The first kappa shape index (κ1) is 17.6. The highest BCUT2D eigenvalue weighted by molar-refractivity contribution is 5.96. The van der Waals surface area contributed by atoms with Crippen LogP contribution in [0.25, 0.3) is 11.2 Å². The third-order valence-electron chi connectivity index (χ3n) is 4.99. The van der Waals surface area contributed by atoms with E-state index >= 15 is 0 Å². The van der Waals surface area contributed by atoms with Crippen LogP contribution in [0.4, 0.5) is 0 Å². The van der Waals surface area contributed by atoms with Gasteiger partial charge in [0.2, 0.25) is 0 Å². The monoisotopic (exact) mass is 368 g/mol. The molecule has 0 bridgehead atoms. The maximum absolute atomic E-state index is 12.8. The quantitative estimate of drug-likeness (QED) is 0.670. The van der Waals surface area contributed by atoms with Gasteiger partial charge < -0.3 is 9.47 Å². The van der Waals surface area contributed by atoms with Crippen molar-refractivity contribution in [2.24, 2.45) is 0 Å². The summed E-state index contributed by atoms with van der Waals surface area (Å²) in [6, 6.07) is 2.13. The van der Waals surface area contributed by atoms with Gasteiger partial charge in [-0.3, -0.25) is 14.4 Å². The van der Waals surface area contributed by atoms with Crippen LogP contribution < -0.4 is 0 Å². The van der Waals surface area contributed by atoms with Crippen molar-refractivity contribution >= 4 is 17.1 Å². The lowest BCUT2D eigenvalue weighted by Crippen LogP contribution is -2.49. The molecule has 4 heterocycles. The Morgan fingerprint density at radius 1 is 1.11 bits per heavy atom.